The van der Waals surface area contributed by atoms with E-state index in [1.165, 1.54) is 6.07 Å². The molecule has 0 radical (unpaired) electrons. The van der Waals surface area contributed by atoms with Crippen LogP contribution < -0.4 is 5.32 Å². The number of piperidine rings is 1. The maximum Gasteiger partial charge on any atom is 0.417 e. The number of nitrogens with one attached hydrogen (secondary N) is 1. The molecule has 31 heavy (non-hydrogen) atoms. The molecular formula is C23H26ClF3N2O2. The van der Waals surface area contributed by atoms with Gasteiger partial charge in [0.05, 0.1) is 10.6 Å². The number of nitrogens with zero attached hydrogens (tertiary/aromatic N) is 1. The van der Waals surface area contributed by atoms with E-state index < -0.39 is 11.7 Å². The van der Waals surface area contributed by atoms with Gasteiger partial charge >= 0.3 is 6.18 Å². The van der Waals surface area contributed by atoms with E-state index in [4.69, 9.17) is 11.6 Å². The molecule has 0 atom stereocenters. The van der Waals surface area contributed by atoms with Crippen molar-refractivity contribution in [2.24, 2.45) is 11.3 Å². The van der Waals surface area contributed by atoms with Crippen molar-refractivity contribution in [3.63, 3.8) is 0 Å². The lowest BCUT2D eigenvalue weighted by Gasteiger charge is -2.53. The number of carbonyl (C=O) groups is 2. The number of halogens is 4. The molecule has 4 nitrogen and oxygen atoms in total. The average Bonchev–Trinajstić information content (AvgIpc) is 3.05. The van der Waals surface area contributed by atoms with Crippen molar-refractivity contribution < 1.29 is 22.8 Å². The van der Waals surface area contributed by atoms with Gasteiger partial charge in [0.15, 0.2) is 0 Å². The van der Waals surface area contributed by atoms with Crippen molar-refractivity contribution in [2.75, 3.05) is 13.1 Å². The molecule has 5 rings (SSSR count). The monoisotopic (exact) mass is 454 g/mol. The highest BCUT2D eigenvalue weighted by atomic mass is 35.5. The molecular weight excluding hydrogens is 429 g/mol. The van der Waals surface area contributed by atoms with Gasteiger partial charge in [0.25, 0.3) is 0 Å². The number of hydrogen-bond donors (Lipinski definition) is 1. The lowest BCUT2D eigenvalue weighted by Crippen LogP contribution is -2.58. The Morgan fingerprint density at radius 1 is 1.10 bits per heavy atom. The highest BCUT2D eigenvalue weighted by Crippen LogP contribution is 2.57. The highest BCUT2D eigenvalue weighted by molar-refractivity contribution is 6.31. The molecule has 1 aromatic carbocycles. The average molecular weight is 455 g/mol. The molecule has 2 aliphatic carbocycles. The van der Waals surface area contributed by atoms with Gasteiger partial charge in [-0.2, -0.15) is 13.2 Å². The molecule has 4 aliphatic rings. The maximum atomic E-state index is 12.9. The number of likely N-dealkylation sites (tertiary alicyclic amines) is 1. The summed E-state index contributed by atoms with van der Waals surface area (Å²) in [6.07, 6.45) is 2.26. The summed E-state index contributed by atoms with van der Waals surface area (Å²) in [6.45, 7) is 1.49. The highest BCUT2D eigenvalue weighted by Gasteiger charge is 2.53. The molecule has 2 aliphatic heterocycles. The summed E-state index contributed by atoms with van der Waals surface area (Å²) in [5, 5.41) is 2.81. The zero-order chi connectivity index (χ0) is 22.0. The van der Waals surface area contributed by atoms with Crippen molar-refractivity contribution in [1.29, 1.82) is 0 Å². The fraction of sp³-hybridized carbons (Fsp3) is 0.652. The molecule has 0 bridgehead atoms. The number of alkyl halides is 3. The fourth-order valence-electron chi connectivity index (χ4n) is 6.24. The van der Waals surface area contributed by atoms with Crippen LogP contribution in [0.25, 0.3) is 0 Å². The van der Waals surface area contributed by atoms with E-state index in [9.17, 15) is 22.8 Å². The zero-order valence-corrected chi connectivity index (χ0v) is 18.0. The summed E-state index contributed by atoms with van der Waals surface area (Å²) in [5.74, 6) is 0.571. The largest absolute Gasteiger partial charge is 0.417 e. The second-order valence-corrected chi connectivity index (χ2v) is 10.5. The first-order chi connectivity index (χ1) is 14.6. The Hall–Kier alpha value is -1.76. The summed E-state index contributed by atoms with van der Waals surface area (Å²) in [7, 11) is 0. The molecule has 168 valence electrons. The number of benzene rings is 1. The Kier molecular flexibility index (Phi) is 4.85. The van der Waals surface area contributed by atoms with Gasteiger partial charge in [0, 0.05) is 31.0 Å². The minimum absolute atomic E-state index is 0.0240. The number of amides is 2. The van der Waals surface area contributed by atoms with Gasteiger partial charge in [0.2, 0.25) is 11.8 Å². The molecule has 0 unspecified atom stereocenters. The van der Waals surface area contributed by atoms with Crippen molar-refractivity contribution in [1.82, 2.24) is 10.2 Å². The van der Waals surface area contributed by atoms with E-state index in [-0.39, 0.29) is 39.6 Å². The van der Waals surface area contributed by atoms with Crippen LogP contribution in [0.15, 0.2) is 18.2 Å². The second kappa shape index (κ2) is 7.12. The number of carbonyl (C=O) groups excluding carboxylic acids is 2. The van der Waals surface area contributed by atoms with E-state index in [2.05, 4.69) is 5.32 Å². The van der Waals surface area contributed by atoms with E-state index in [1.54, 1.807) is 6.07 Å². The van der Waals surface area contributed by atoms with E-state index in [0.29, 0.717) is 6.42 Å². The smallest absolute Gasteiger partial charge is 0.351 e. The van der Waals surface area contributed by atoms with Crippen LogP contribution in [0.4, 0.5) is 13.2 Å². The summed E-state index contributed by atoms with van der Waals surface area (Å²) in [6, 6.07) is 4.11. The topological polar surface area (TPSA) is 49.4 Å². The normalized spacial score (nSPS) is 25.4. The van der Waals surface area contributed by atoms with E-state index >= 15 is 0 Å². The first-order valence-electron chi connectivity index (χ1n) is 11.0. The second-order valence-electron chi connectivity index (χ2n) is 10.1. The summed E-state index contributed by atoms with van der Waals surface area (Å²) >= 11 is 5.88. The van der Waals surface area contributed by atoms with Gasteiger partial charge in [-0.1, -0.05) is 17.7 Å². The van der Waals surface area contributed by atoms with Crippen LogP contribution >= 0.6 is 11.6 Å². The van der Waals surface area contributed by atoms with Crippen LogP contribution in [0.5, 0.6) is 0 Å². The molecule has 1 aromatic rings. The number of rotatable bonds is 2. The lowest BCUT2D eigenvalue weighted by atomic mass is 9.56. The molecule has 1 N–H and O–H groups in total. The third kappa shape index (κ3) is 3.73. The van der Waals surface area contributed by atoms with Crippen molar-refractivity contribution in [2.45, 2.75) is 69.0 Å². The first kappa shape index (κ1) is 21.1. The third-order valence-electron chi connectivity index (χ3n) is 8.12. The Morgan fingerprint density at radius 3 is 2.32 bits per heavy atom. The van der Waals surface area contributed by atoms with Gasteiger partial charge in [-0.15, -0.1) is 0 Å². The van der Waals surface area contributed by atoms with Crippen LogP contribution in [-0.4, -0.2) is 35.3 Å². The zero-order valence-electron chi connectivity index (χ0n) is 17.2. The van der Waals surface area contributed by atoms with Crippen LogP contribution in [-0.2, 0) is 15.8 Å². The third-order valence-corrected chi connectivity index (χ3v) is 8.44. The van der Waals surface area contributed by atoms with Gasteiger partial charge in [-0.25, -0.2) is 0 Å². The van der Waals surface area contributed by atoms with E-state index in [0.717, 1.165) is 69.7 Å². The molecule has 2 spiro atoms. The van der Waals surface area contributed by atoms with Crippen molar-refractivity contribution in [3.05, 3.63) is 34.3 Å². The molecule has 2 amide bonds. The summed E-state index contributed by atoms with van der Waals surface area (Å²) in [4.78, 5) is 26.3. The molecule has 4 fully saturated rings. The van der Waals surface area contributed by atoms with Crippen molar-refractivity contribution >= 4 is 23.4 Å². The van der Waals surface area contributed by atoms with Crippen LogP contribution in [0.2, 0.25) is 5.02 Å². The van der Waals surface area contributed by atoms with Crippen LogP contribution in [0.3, 0.4) is 0 Å². The summed E-state index contributed by atoms with van der Waals surface area (Å²) in [5.41, 5.74) is 0.157. The van der Waals surface area contributed by atoms with Gasteiger partial charge in [-0.3, -0.25) is 9.59 Å². The molecule has 2 saturated heterocycles. The van der Waals surface area contributed by atoms with Gasteiger partial charge < -0.3 is 10.2 Å². The van der Waals surface area contributed by atoms with Crippen LogP contribution in [0, 0.1) is 11.3 Å². The Labute approximate surface area is 184 Å². The van der Waals surface area contributed by atoms with Gasteiger partial charge in [-0.05, 0) is 74.0 Å². The lowest BCUT2D eigenvalue weighted by molar-refractivity contribution is -0.145. The standard InChI is InChI=1S/C23H26ClF3N2O2/c24-18-9-14(1-2-17(18)23(25,26)27)15-10-21(11-15)5-7-29(8-6-21)20(31)16-12-22(13-16)4-3-19(30)28-22/h1-2,9,15-16H,3-8,10-13H2,(H,28,30)/t16-,22+. The maximum absolute atomic E-state index is 12.9. The quantitative estimate of drug-likeness (QED) is 0.690. The summed E-state index contributed by atoms with van der Waals surface area (Å²) < 4.78 is 38.8. The first-order valence-corrected chi connectivity index (χ1v) is 11.4. The van der Waals surface area contributed by atoms with Gasteiger partial charge in [0.1, 0.15) is 0 Å². The van der Waals surface area contributed by atoms with Crippen molar-refractivity contribution in [3.8, 4) is 0 Å². The Balaban J connectivity index is 1.12. The Morgan fingerprint density at radius 2 is 1.77 bits per heavy atom. The fourth-order valence-corrected chi connectivity index (χ4v) is 6.54. The Bertz CT molecular complexity index is 910. The molecule has 8 heteroatoms. The van der Waals surface area contributed by atoms with Crippen LogP contribution in [0.1, 0.15) is 68.4 Å². The molecule has 2 saturated carbocycles. The minimum atomic E-state index is -4.43. The predicted molar refractivity (Wildman–Crippen MR) is 110 cm³/mol. The molecule has 0 aromatic heterocycles. The molecule has 2 heterocycles. The number of hydrogen-bond acceptors (Lipinski definition) is 2. The predicted octanol–water partition coefficient (Wildman–Crippen LogP) is 4.90. The SMILES string of the molecule is O=C1CC[C@]2(C[C@H](C(=O)N3CCC4(CC3)CC(c3ccc(C(F)(F)F)c(Cl)c3)C4)C2)N1. The van der Waals surface area contributed by atoms with E-state index in [1.807, 2.05) is 4.90 Å². The minimum Gasteiger partial charge on any atom is -0.351 e.